The molecule has 1 amide bonds. The van der Waals surface area contributed by atoms with Gasteiger partial charge in [-0.15, -0.1) is 0 Å². The SMILES string of the molecule is CC(C)(N)C(=O)N1CC[C@@H](n2cnc3cnc4[nH]ccc4c32)C1. The number of aromatic amines is 1. The quantitative estimate of drug-likeness (QED) is 0.748. The van der Waals surface area contributed by atoms with Crippen LogP contribution in [0.5, 0.6) is 0 Å². The average Bonchev–Trinajstić information content (AvgIpc) is 3.22. The number of carbonyl (C=O) groups excluding carboxylic acids is 1. The van der Waals surface area contributed by atoms with Gasteiger partial charge in [0.05, 0.1) is 29.6 Å². The number of imidazole rings is 1. The van der Waals surface area contributed by atoms with Crippen molar-refractivity contribution in [3.05, 3.63) is 24.8 Å². The van der Waals surface area contributed by atoms with Crippen LogP contribution in [0.25, 0.3) is 22.1 Å². The highest BCUT2D eigenvalue weighted by molar-refractivity contribution is 6.01. The first-order valence-corrected chi connectivity index (χ1v) is 7.82. The topological polar surface area (TPSA) is 92.8 Å². The number of H-pyrrole nitrogens is 1. The summed E-state index contributed by atoms with van der Waals surface area (Å²) in [7, 11) is 0. The highest BCUT2D eigenvalue weighted by atomic mass is 16.2. The maximum absolute atomic E-state index is 12.4. The first kappa shape index (κ1) is 14.2. The number of fused-ring (bicyclic) bond motifs is 3. The zero-order valence-corrected chi connectivity index (χ0v) is 13.3. The number of carbonyl (C=O) groups is 1. The van der Waals surface area contributed by atoms with Crippen molar-refractivity contribution in [2.45, 2.75) is 31.8 Å². The van der Waals surface area contributed by atoms with E-state index in [9.17, 15) is 4.79 Å². The van der Waals surface area contributed by atoms with Gasteiger partial charge < -0.3 is 20.2 Å². The van der Waals surface area contributed by atoms with Crippen molar-refractivity contribution in [1.82, 2.24) is 24.4 Å². The maximum Gasteiger partial charge on any atom is 0.242 e. The minimum Gasteiger partial charge on any atom is -0.346 e. The van der Waals surface area contributed by atoms with Gasteiger partial charge in [0.25, 0.3) is 0 Å². The third-order valence-corrected chi connectivity index (χ3v) is 4.51. The Bertz CT molecular complexity index is 887. The number of rotatable bonds is 2. The Labute approximate surface area is 133 Å². The highest BCUT2D eigenvalue weighted by Crippen LogP contribution is 2.30. The Hall–Kier alpha value is -2.41. The van der Waals surface area contributed by atoms with Crippen molar-refractivity contribution in [2.24, 2.45) is 5.73 Å². The monoisotopic (exact) mass is 312 g/mol. The van der Waals surface area contributed by atoms with E-state index in [0.29, 0.717) is 6.54 Å². The van der Waals surface area contributed by atoms with Gasteiger partial charge >= 0.3 is 0 Å². The fourth-order valence-corrected chi connectivity index (χ4v) is 3.37. The van der Waals surface area contributed by atoms with Crippen LogP contribution in [0.3, 0.4) is 0 Å². The molecule has 7 heteroatoms. The van der Waals surface area contributed by atoms with Crippen molar-refractivity contribution in [3.63, 3.8) is 0 Å². The summed E-state index contributed by atoms with van der Waals surface area (Å²) in [5.74, 6) is -0.00196. The normalized spacial score (nSPS) is 19.1. The lowest BCUT2D eigenvalue weighted by atomic mass is 10.1. The van der Waals surface area contributed by atoms with E-state index < -0.39 is 5.54 Å². The molecule has 0 bridgehead atoms. The van der Waals surface area contributed by atoms with Crippen molar-refractivity contribution >= 4 is 28.0 Å². The molecule has 3 aromatic heterocycles. The molecule has 4 heterocycles. The van der Waals surface area contributed by atoms with E-state index in [2.05, 4.69) is 19.5 Å². The minimum absolute atomic E-state index is 0.00196. The molecule has 4 rings (SSSR count). The Morgan fingerprint density at radius 1 is 1.43 bits per heavy atom. The van der Waals surface area contributed by atoms with Crippen LogP contribution in [-0.2, 0) is 4.79 Å². The summed E-state index contributed by atoms with van der Waals surface area (Å²) < 4.78 is 2.17. The van der Waals surface area contributed by atoms with Gasteiger partial charge in [-0.2, -0.15) is 0 Å². The molecular weight excluding hydrogens is 292 g/mol. The molecule has 0 unspecified atom stereocenters. The highest BCUT2D eigenvalue weighted by Gasteiger charge is 2.34. The van der Waals surface area contributed by atoms with E-state index in [1.165, 1.54) is 0 Å². The van der Waals surface area contributed by atoms with Crippen LogP contribution in [-0.4, -0.2) is 49.0 Å². The van der Waals surface area contributed by atoms with Crippen molar-refractivity contribution < 1.29 is 4.79 Å². The molecule has 0 saturated carbocycles. The van der Waals surface area contributed by atoms with Crippen molar-refractivity contribution in [3.8, 4) is 0 Å². The number of aromatic nitrogens is 4. The molecule has 23 heavy (non-hydrogen) atoms. The Morgan fingerprint density at radius 3 is 3.04 bits per heavy atom. The van der Waals surface area contributed by atoms with E-state index >= 15 is 0 Å². The van der Waals surface area contributed by atoms with Crippen molar-refractivity contribution in [1.29, 1.82) is 0 Å². The number of amides is 1. The summed E-state index contributed by atoms with van der Waals surface area (Å²) >= 11 is 0. The van der Waals surface area contributed by atoms with Gasteiger partial charge in [0.15, 0.2) is 0 Å². The third-order valence-electron chi connectivity index (χ3n) is 4.51. The van der Waals surface area contributed by atoms with Crippen LogP contribution in [0.1, 0.15) is 26.3 Å². The van der Waals surface area contributed by atoms with E-state index in [0.717, 1.165) is 35.0 Å². The second-order valence-electron chi connectivity index (χ2n) is 6.80. The van der Waals surface area contributed by atoms with E-state index in [4.69, 9.17) is 5.73 Å². The molecular formula is C16H20N6O. The number of hydrogen-bond acceptors (Lipinski definition) is 4. The number of hydrogen-bond donors (Lipinski definition) is 2. The predicted octanol–water partition coefficient (Wildman–Crippen LogP) is 1.42. The summed E-state index contributed by atoms with van der Waals surface area (Å²) in [5.41, 5.74) is 7.92. The molecule has 1 atom stereocenters. The van der Waals surface area contributed by atoms with Gasteiger partial charge in [0.1, 0.15) is 11.2 Å². The van der Waals surface area contributed by atoms with E-state index in [-0.39, 0.29) is 11.9 Å². The number of nitrogens with one attached hydrogen (secondary N) is 1. The fraction of sp³-hybridized carbons (Fsp3) is 0.438. The minimum atomic E-state index is -0.830. The zero-order chi connectivity index (χ0) is 16.2. The smallest absolute Gasteiger partial charge is 0.242 e. The lowest BCUT2D eigenvalue weighted by Crippen LogP contribution is -2.50. The molecule has 1 saturated heterocycles. The second-order valence-corrected chi connectivity index (χ2v) is 6.80. The average molecular weight is 312 g/mol. The molecule has 1 aliphatic rings. The maximum atomic E-state index is 12.4. The number of pyridine rings is 1. The standard InChI is InChI=1S/C16H20N6O/c1-16(2,17)15(23)21-6-4-10(8-21)22-9-20-12-7-19-14-11(13(12)22)3-5-18-14/h3,5,7,9-10H,4,6,8,17H2,1-2H3,(H,18,19)/t10-/m1/s1. The molecule has 1 aliphatic heterocycles. The Balaban J connectivity index is 1.71. The molecule has 0 aliphatic carbocycles. The summed E-state index contributed by atoms with van der Waals surface area (Å²) in [4.78, 5) is 26.2. The van der Waals surface area contributed by atoms with Gasteiger partial charge in [-0.1, -0.05) is 0 Å². The summed E-state index contributed by atoms with van der Waals surface area (Å²) in [6.07, 6.45) is 6.42. The molecule has 0 spiro atoms. The molecule has 120 valence electrons. The van der Waals surface area contributed by atoms with Gasteiger partial charge in [-0.05, 0) is 26.3 Å². The molecule has 3 N–H and O–H groups in total. The lowest BCUT2D eigenvalue weighted by Gasteiger charge is -2.25. The lowest BCUT2D eigenvalue weighted by molar-refractivity contribution is -0.134. The fourth-order valence-electron chi connectivity index (χ4n) is 3.37. The third kappa shape index (κ3) is 2.19. The first-order valence-electron chi connectivity index (χ1n) is 7.82. The molecule has 7 nitrogen and oxygen atoms in total. The van der Waals surface area contributed by atoms with Crippen LogP contribution in [0.4, 0.5) is 0 Å². The van der Waals surface area contributed by atoms with Crippen LogP contribution < -0.4 is 5.73 Å². The largest absolute Gasteiger partial charge is 0.346 e. The van der Waals surface area contributed by atoms with Crippen LogP contribution in [0.15, 0.2) is 24.8 Å². The van der Waals surface area contributed by atoms with Gasteiger partial charge in [-0.25, -0.2) is 9.97 Å². The van der Waals surface area contributed by atoms with Gasteiger partial charge in [-0.3, -0.25) is 4.79 Å². The number of likely N-dealkylation sites (tertiary alicyclic amines) is 1. The number of nitrogens with two attached hydrogens (primary N) is 1. The van der Waals surface area contributed by atoms with E-state index in [1.54, 1.807) is 20.0 Å². The zero-order valence-electron chi connectivity index (χ0n) is 13.3. The summed E-state index contributed by atoms with van der Waals surface area (Å²) in [6, 6.07) is 2.23. The van der Waals surface area contributed by atoms with Crippen LogP contribution in [0, 0.1) is 0 Å². The predicted molar refractivity (Wildman–Crippen MR) is 87.9 cm³/mol. The first-order chi connectivity index (χ1) is 10.9. The van der Waals surface area contributed by atoms with Gasteiger partial charge in [0.2, 0.25) is 5.91 Å². The number of nitrogens with zero attached hydrogens (tertiary/aromatic N) is 4. The van der Waals surface area contributed by atoms with Crippen molar-refractivity contribution in [2.75, 3.05) is 13.1 Å². The summed E-state index contributed by atoms with van der Waals surface area (Å²) in [6.45, 7) is 4.90. The molecule has 0 radical (unpaired) electrons. The Kier molecular flexibility index (Phi) is 2.96. The molecule has 1 fully saturated rings. The van der Waals surface area contributed by atoms with Crippen LogP contribution in [0.2, 0.25) is 0 Å². The van der Waals surface area contributed by atoms with Crippen LogP contribution >= 0.6 is 0 Å². The molecule has 3 aromatic rings. The van der Waals surface area contributed by atoms with E-state index in [1.807, 2.05) is 23.5 Å². The summed E-state index contributed by atoms with van der Waals surface area (Å²) in [5, 5.41) is 1.06. The van der Waals surface area contributed by atoms with Gasteiger partial charge in [0, 0.05) is 24.7 Å². The second kappa shape index (κ2) is 4.79. The Morgan fingerprint density at radius 2 is 2.26 bits per heavy atom. The molecule has 0 aromatic carbocycles.